The molecule has 2 aromatic heterocycles. The molecule has 2 N–H and O–H groups in total. The largest absolute Gasteiger partial charge is 0.345 e. The van der Waals surface area contributed by atoms with Crippen molar-refractivity contribution in [1.29, 1.82) is 0 Å². The lowest BCUT2D eigenvalue weighted by molar-refractivity contribution is 1.33. The van der Waals surface area contributed by atoms with Crippen molar-refractivity contribution in [3.63, 3.8) is 0 Å². The van der Waals surface area contributed by atoms with E-state index < -0.39 is 0 Å². The van der Waals surface area contributed by atoms with Gasteiger partial charge in [0.15, 0.2) is 0 Å². The molecular weight excluding hydrogens is 302 g/mol. The summed E-state index contributed by atoms with van der Waals surface area (Å²) in [6.07, 6.45) is 3.84. The fraction of sp³-hybridized carbons (Fsp3) is 0. The second kappa shape index (κ2) is 6.18. The molecule has 3 nitrogen and oxygen atoms in total. The molecule has 4 aromatic rings. The summed E-state index contributed by atoms with van der Waals surface area (Å²) < 4.78 is 3.46. The number of nitrogens with one attached hydrogen (secondary N) is 2. The third-order valence-electron chi connectivity index (χ3n) is 3.68. The Hall–Kier alpha value is -2.72. The average molecular weight is 317 g/mol. The Morgan fingerprint density at radius 3 is 2.39 bits per heavy atom. The predicted octanol–water partition coefficient (Wildman–Crippen LogP) is 5.35. The minimum absolute atomic E-state index is 0.891. The lowest BCUT2D eigenvalue weighted by atomic mass is 10.1. The third kappa shape index (κ3) is 2.81. The monoisotopic (exact) mass is 317 g/mol. The van der Waals surface area contributed by atoms with Gasteiger partial charge < -0.3 is 9.71 Å². The van der Waals surface area contributed by atoms with E-state index in [0.29, 0.717) is 0 Å². The molecule has 112 valence electrons. The average Bonchev–Trinajstić information content (AvgIpc) is 3.06. The standard InChI is InChI=1S/C19H15N3S/c1-3-7-14(8-4-1)16-13-21-19-18(16)17(11-12-20-19)22-23-15-9-5-2-6-10-15/h1-13H,(H2,20,21,22). The number of aromatic nitrogens is 2. The van der Waals surface area contributed by atoms with Gasteiger partial charge in [0.25, 0.3) is 0 Å². The van der Waals surface area contributed by atoms with E-state index in [1.807, 2.05) is 42.7 Å². The highest BCUT2D eigenvalue weighted by Crippen LogP contribution is 2.34. The zero-order chi connectivity index (χ0) is 15.5. The maximum Gasteiger partial charge on any atom is 0.139 e. The molecule has 0 fully saturated rings. The third-order valence-corrected chi connectivity index (χ3v) is 4.51. The van der Waals surface area contributed by atoms with Gasteiger partial charge in [0.2, 0.25) is 0 Å². The van der Waals surface area contributed by atoms with Crippen LogP contribution in [0.15, 0.2) is 84.0 Å². The van der Waals surface area contributed by atoms with Crippen molar-refractivity contribution < 1.29 is 0 Å². The van der Waals surface area contributed by atoms with Crippen LogP contribution < -0.4 is 4.72 Å². The normalized spacial score (nSPS) is 10.8. The molecule has 0 unspecified atom stereocenters. The molecule has 0 aliphatic rings. The van der Waals surface area contributed by atoms with Crippen LogP contribution in [0.3, 0.4) is 0 Å². The number of pyridine rings is 1. The van der Waals surface area contributed by atoms with Crippen molar-refractivity contribution in [3.05, 3.63) is 79.1 Å². The second-order valence-corrected chi connectivity index (χ2v) is 6.05. The Kier molecular flexibility index (Phi) is 3.74. The lowest BCUT2D eigenvalue weighted by Gasteiger charge is -2.08. The van der Waals surface area contributed by atoms with Gasteiger partial charge in [0.1, 0.15) is 5.65 Å². The van der Waals surface area contributed by atoms with Gasteiger partial charge >= 0.3 is 0 Å². The number of H-pyrrole nitrogens is 1. The summed E-state index contributed by atoms with van der Waals surface area (Å²) in [4.78, 5) is 8.88. The number of rotatable bonds is 4. The predicted molar refractivity (Wildman–Crippen MR) is 97.5 cm³/mol. The van der Waals surface area contributed by atoms with Crippen molar-refractivity contribution in [1.82, 2.24) is 9.97 Å². The van der Waals surface area contributed by atoms with Crippen LogP contribution in [0.1, 0.15) is 0 Å². The molecule has 0 amide bonds. The molecule has 0 aliphatic heterocycles. The smallest absolute Gasteiger partial charge is 0.139 e. The molecule has 0 aliphatic carbocycles. The van der Waals surface area contributed by atoms with Gasteiger partial charge in [-0.05, 0) is 35.7 Å². The zero-order valence-electron chi connectivity index (χ0n) is 12.4. The first kappa shape index (κ1) is 13.9. The maximum atomic E-state index is 4.44. The number of hydrogen-bond donors (Lipinski definition) is 2. The summed E-state index contributed by atoms with van der Waals surface area (Å²) >= 11 is 1.60. The lowest BCUT2D eigenvalue weighted by Crippen LogP contribution is -1.89. The fourth-order valence-electron chi connectivity index (χ4n) is 2.59. The van der Waals surface area contributed by atoms with E-state index in [-0.39, 0.29) is 0 Å². The molecule has 23 heavy (non-hydrogen) atoms. The molecule has 0 atom stereocenters. The minimum atomic E-state index is 0.891. The maximum absolute atomic E-state index is 4.44. The molecule has 0 radical (unpaired) electrons. The van der Waals surface area contributed by atoms with Crippen LogP contribution in [-0.2, 0) is 0 Å². The van der Waals surface area contributed by atoms with E-state index in [0.717, 1.165) is 22.3 Å². The summed E-state index contributed by atoms with van der Waals surface area (Å²) in [6, 6.07) is 22.7. The van der Waals surface area contributed by atoms with Crippen LogP contribution in [0.5, 0.6) is 0 Å². The first-order chi connectivity index (χ1) is 11.4. The van der Waals surface area contributed by atoms with E-state index in [2.05, 4.69) is 51.1 Å². The van der Waals surface area contributed by atoms with Crippen LogP contribution in [0, 0.1) is 0 Å². The van der Waals surface area contributed by atoms with E-state index in [1.54, 1.807) is 11.9 Å². The van der Waals surface area contributed by atoms with Crippen molar-refractivity contribution in [3.8, 4) is 11.1 Å². The SMILES string of the molecule is c1ccc(SNc2ccnc3[nH]cc(-c4ccccc4)c23)cc1. The molecule has 0 bridgehead atoms. The van der Waals surface area contributed by atoms with Gasteiger partial charge in [-0.3, -0.25) is 0 Å². The summed E-state index contributed by atoms with van der Waals surface area (Å²) in [6.45, 7) is 0. The second-order valence-electron chi connectivity index (χ2n) is 5.17. The van der Waals surface area contributed by atoms with Crippen molar-refractivity contribution >= 4 is 28.7 Å². The Balaban J connectivity index is 1.73. The Morgan fingerprint density at radius 2 is 1.61 bits per heavy atom. The highest BCUT2D eigenvalue weighted by molar-refractivity contribution is 8.00. The van der Waals surface area contributed by atoms with Crippen LogP contribution in [0.25, 0.3) is 22.2 Å². The summed E-state index contributed by atoms with van der Waals surface area (Å²) in [5, 5.41) is 1.11. The van der Waals surface area contributed by atoms with Gasteiger partial charge in [0.05, 0.1) is 11.1 Å². The topological polar surface area (TPSA) is 40.7 Å². The van der Waals surface area contributed by atoms with Gasteiger partial charge in [0, 0.05) is 22.9 Å². The fourth-order valence-corrected chi connectivity index (χ4v) is 3.28. The van der Waals surface area contributed by atoms with Gasteiger partial charge in [-0.2, -0.15) is 0 Å². The molecule has 4 rings (SSSR count). The molecule has 0 saturated carbocycles. The number of anilines is 1. The summed E-state index contributed by atoms with van der Waals surface area (Å²) in [5.74, 6) is 0. The summed E-state index contributed by atoms with van der Waals surface area (Å²) in [5.41, 5.74) is 4.29. The number of nitrogens with zero attached hydrogens (tertiary/aromatic N) is 1. The number of aromatic amines is 1. The first-order valence-corrected chi connectivity index (χ1v) is 8.23. The molecule has 0 saturated heterocycles. The van der Waals surface area contributed by atoms with Crippen LogP contribution in [0.4, 0.5) is 5.69 Å². The Bertz CT molecular complexity index is 917. The zero-order valence-corrected chi connectivity index (χ0v) is 13.2. The van der Waals surface area contributed by atoms with E-state index in [1.165, 1.54) is 10.5 Å². The Labute approximate surface area is 138 Å². The Morgan fingerprint density at radius 1 is 0.870 bits per heavy atom. The van der Waals surface area contributed by atoms with Gasteiger partial charge in [-0.15, -0.1) is 0 Å². The number of hydrogen-bond acceptors (Lipinski definition) is 3. The minimum Gasteiger partial charge on any atom is -0.345 e. The first-order valence-electron chi connectivity index (χ1n) is 7.41. The van der Waals surface area contributed by atoms with Crippen LogP contribution >= 0.6 is 11.9 Å². The van der Waals surface area contributed by atoms with Crippen molar-refractivity contribution in [2.45, 2.75) is 4.90 Å². The van der Waals surface area contributed by atoms with E-state index in [4.69, 9.17) is 0 Å². The van der Waals surface area contributed by atoms with E-state index in [9.17, 15) is 0 Å². The molecule has 2 aromatic carbocycles. The van der Waals surface area contributed by atoms with Gasteiger partial charge in [-0.25, -0.2) is 4.98 Å². The quantitative estimate of drug-likeness (QED) is 0.499. The number of fused-ring (bicyclic) bond motifs is 1. The van der Waals surface area contributed by atoms with Crippen molar-refractivity contribution in [2.24, 2.45) is 0 Å². The van der Waals surface area contributed by atoms with Crippen LogP contribution in [-0.4, -0.2) is 9.97 Å². The highest BCUT2D eigenvalue weighted by Gasteiger charge is 2.11. The molecule has 2 heterocycles. The number of benzene rings is 2. The van der Waals surface area contributed by atoms with E-state index >= 15 is 0 Å². The highest BCUT2D eigenvalue weighted by atomic mass is 32.2. The molecular formula is C19H15N3S. The van der Waals surface area contributed by atoms with Gasteiger partial charge in [-0.1, -0.05) is 48.5 Å². The molecule has 0 spiro atoms. The molecule has 4 heteroatoms. The van der Waals surface area contributed by atoms with Crippen LogP contribution in [0.2, 0.25) is 0 Å². The van der Waals surface area contributed by atoms with Crippen molar-refractivity contribution in [2.75, 3.05) is 4.72 Å². The summed E-state index contributed by atoms with van der Waals surface area (Å²) in [7, 11) is 0.